The number of carbonyl (C=O) groups excluding carboxylic acids is 1. The highest BCUT2D eigenvalue weighted by Gasteiger charge is 2.24. The molecule has 3 aromatic rings. The Morgan fingerprint density at radius 1 is 1.33 bits per heavy atom. The van der Waals surface area contributed by atoms with Crippen LogP contribution in [0.4, 0.5) is 5.69 Å². The zero-order valence-electron chi connectivity index (χ0n) is 14.9. The summed E-state index contributed by atoms with van der Waals surface area (Å²) in [6.07, 6.45) is 3.30. The number of ether oxygens (including phenoxy) is 1. The summed E-state index contributed by atoms with van der Waals surface area (Å²) in [5.41, 5.74) is 7.50. The summed E-state index contributed by atoms with van der Waals surface area (Å²) in [5, 5.41) is 9.33. The number of nitrogen functional groups attached to an aromatic ring is 1. The number of hydrogen-bond donors (Lipinski definition) is 1. The first-order valence-electron chi connectivity index (χ1n) is 8.28. The zero-order valence-corrected chi connectivity index (χ0v) is 14.9. The van der Waals surface area contributed by atoms with Crippen LogP contribution >= 0.6 is 0 Å². The fourth-order valence-electron chi connectivity index (χ4n) is 2.86. The number of fused-ring (bicyclic) bond motifs is 1. The number of aryl methyl sites for hydroxylation is 1. The van der Waals surface area contributed by atoms with Crippen LogP contribution in [0.1, 0.15) is 39.9 Å². The molecule has 0 spiro atoms. The van der Waals surface area contributed by atoms with Crippen molar-refractivity contribution in [3.63, 3.8) is 0 Å². The lowest BCUT2D eigenvalue weighted by Crippen LogP contribution is -2.26. The SMILES string of the molecule is CCOC(=O)c1c(Cc2cnc(C)cn2)c(N)c(=O)n2c(C#N)cccc12. The molecule has 0 unspecified atom stereocenters. The van der Waals surface area contributed by atoms with Gasteiger partial charge in [0.05, 0.1) is 29.1 Å². The van der Waals surface area contributed by atoms with Crippen LogP contribution in [0, 0.1) is 18.3 Å². The van der Waals surface area contributed by atoms with Crippen LogP contribution in [0.3, 0.4) is 0 Å². The van der Waals surface area contributed by atoms with Gasteiger partial charge in [0.1, 0.15) is 17.5 Å². The molecule has 0 saturated carbocycles. The van der Waals surface area contributed by atoms with Crippen molar-refractivity contribution in [1.29, 1.82) is 5.26 Å². The maximum Gasteiger partial charge on any atom is 0.340 e. The summed E-state index contributed by atoms with van der Waals surface area (Å²) in [6, 6.07) is 6.61. The quantitative estimate of drug-likeness (QED) is 0.699. The minimum atomic E-state index is -0.619. The van der Waals surface area contributed by atoms with Gasteiger partial charge in [-0.15, -0.1) is 0 Å². The van der Waals surface area contributed by atoms with E-state index in [1.165, 1.54) is 6.07 Å². The smallest absolute Gasteiger partial charge is 0.340 e. The molecule has 0 saturated heterocycles. The topological polar surface area (TPSA) is 123 Å². The lowest BCUT2D eigenvalue weighted by molar-refractivity contribution is 0.0527. The van der Waals surface area contributed by atoms with E-state index in [4.69, 9.17) is 10.5 Å². The van der Waals surface area contributed by atoms with Crippen LogP contribution in [-0.4, -0.2) is 26.9 Å². The van der Waals surface area contributed by atoms with Crippen molar-refractivity contribution in [3.05, 3.63) is 69.2 Å². The van der Waals surface area contributed by atoms with Crippen LogP contribution in [0.2, 0.25) is 0 Å². The van der Waals surface area contributed by atoms with Crippen molar-refractivity contribution in [1.82, 2.24) is 14.4 Å². The van der Waals surface area contributed by atoms with Crippen LogP contribution in [0.5, 0.6) is 0 Å². The maximum absolute atomic E-state index is 12.8. The molecule has 0 atom stereocenters. The standard InChI is InChI=1S/C19H17N5O3/c1-3-27-19(26)16-14(7-12-10-22-11(2)9-23-12)17(21)18(25)24-13(8-20)5-4-6-15(16)24/h4-6,9-10H,3,7,21H2,1-2H3. The number of nitriles is 1. The number of anilines is 1. The molecule has 8 nitrogen and oxygen atoms in total. The Kier molecular flexibility index (Phi) is 4.86. The molecule has 3 rings (SSSR count). The maximum atomic E-state index is 12.8. The molecule has 0 aliphatic rings. The molecule has 0 aromatic carbocycles. The van der Waals surface area contributed by atoms with Gasteiger partial charge in [-0.3, -0.25) is 19.2 Å². The highest BCUT2D eigenvalue weighted by Crippen LogP contribution is 2.24. The van der Waals surface area contributed by atoms with Gasteiger partial charge in [0.2, 0.25) is 0 Å². The first-order valence-corrected chi connectivity index (χ1v) is 8.28. The molecule has 0 fully saturated rings. The van der Waals surface area contributed by atoms with Crippen molar-refractivity contribution >= 4 is 17.2 Å². The lowest BCUT2D eigenvalue weighted by Gasteiger charge is -2.15. The molecule has 3 heterocycles. The number of nitrogens with two attached hydrogens (primary N) is 1. The second kappa shape index (κ2) is 7.25. The predicted molar refractivity (Wildman–Crippen MR) is 98.3 cm³/mol. The number of nitrogens with zero attached hydrogens (tertiary/aromatic N) is 4. The molecule has 136 valence electrons. The second-order valence-corrected chi connectivity index (χ2v) is 5.86. The van der Waals surface area contributed by atoms with E-state index >= 15 is 0 Å². The van der Waals surface area contributed by atoms with Crippen LogP contribution < -0.4 is 11.3 Å². The van der Waals surface area contributed by atoms with Gasteiger partial charge in [0, 0.05) is 24.4 Å². The van der Waals surface area contributed by atoms with E-state index in [2.05, 4.69) is 9.97 Å². The Morgan fingerprint density at radius 2 is 2.11 bits per heavy atom. The van der Waals surface area contributed by atoms with Gasteiger partial charge in [-0.1, -0.05) is 6.07 Å². The highest BCUT2D eigenvalue weighted by atomic mass is 16.5. The van der Waals surface area contributed by atoms with Crippen molar-refractivity contribution in [2.45, 2.75) is 20.3 Å². The summed E-state index contributed by atoms with van der Waals surface area (Å²) < 4.78 is 6.30. The molecule has 0 amide bonds. The zero-order chi connectivity index (χ0) is 19.6. The molecule has 0 aliphatic heterocycles. The van der Waals surface area contributed by atoms with Crippen LogP contribution in [0.25, 0.3) is 5.52 Å². The largest absolute Gasteiger partial charge is 0.462 e. The van der Waals surface area contributed by atoms with Crippen LogP contribution in [-0.2, 0) is 11.2 Å². The summed E-state index contributed by atoms with van der Waals surface area (Å²) in [6.45, 7) is 3.65. The van der Waals surface area contributed by atoms with E-state index in [-0.39, 0.29) is 35.5 Å². The van der Waals surface area contributed by atoms with E-state index in [1.54, 1.807) is 38.4 Å². The number of aromatic nitrogens is 3. The van der Waals surface area contributed by atoms with Crippen molar-refractivity contribution < 1.29 is 9.53 Å². The fraction of sp³-hybridized carbons (Fsp3) is 0.211. The fourth-order valence-corrected chi connectivity index (χ4v) is 2.86. The number of esters is 1. The summed E-state index contributed by atoms with van der Waals surface area (Å²) in [7, 11) is 0. The number of carbonyl (C=O) groups is 1. The molecule has 27 heavy (non-hydrogen) atoms. The Labute approximate surface area is 154 Å². The summed E-state index contributed by atoms with van der Waals surface area (Å²) in [5.74, 6) is -0.619. The van der Waals surface area contributed by atoms with Crippen molar-refractivity contribution in [2.24, 2.45) is 0 Å². The van der Waals surface area contributed by atoms with Gasteiger partial charge >= 0.3 is 5.97 Å². The van der Waals surface area contributed by atoms with Crippen LogP contribution in [0.15, 0.2) is 35.4 Å². The Hall–Kier alpha value is -3.73. The minimum absolute atomic E-state index is 0.0800. The third-order valence-electron chi connectivity index (χ3n) is 4.09. The molecule has 8 heteroatoms. The summed E-state index contributed by atoms with van der Waals surface area (Å²) in [4.78, 5) is 33.9. The van der Waals surface area contributed by atoms with E-state index in [9.17, 15) is 14.9 Å². The van der Waals surface area contributed by atoms with Gasteiger partial charge in [0.25, 0.3) is 5.56 Å². The molecule has 0 radical (unpaired) electrons. The second-order valence-electron chi connectivity index (χ2n) is 5.86. The normalized spacial score (nSPS) is 10.6. The van der Waals surface area contributed by atoms with Gasteiger partial charge in [-0.2, -0.15) is 5.26 Å². The van der Waals surface area contributed by atoms with Gasteiger partial charge in [-0.05, 0) is 26.0 Å². The first-order chi connectivity index (χ1) is 13.0. The van der Waals surface area contributed by atoms with E-state index < -0.39 is 11.5 Å². The molecule has 0 bridgehead atoms. The van der Waals surface area contributed by atoms with Gasteiger partial charge < -0.3 is 10.5 Å². The van der Waals surface area contributed by atoms with E-state index in [0.717, 1.165) is 10.1 Å². The Bertz CT molecular complexity index is 1130. The molecular weight excluding hydrogens is 346 g/mol. The lowest BCUT2D eigenvalue weighted by atomic mass is 10.00. The molecular formula is C19H17N5O3. The molecule has 3 aromatic heterocycles. The minimum Gasteiger partial charge on any atom is -0.462 e. The van der Waals surface area contributed by atoms with E-state index in [1.807, 2.05) is 6.07 Å². The Balaban J connectivity index is 2.34. The third-order valence-corrected chi connectivity index (χ3v) is 4.09. The number of hydrogen-bond acceptors (Lipinski definition) is 7. The molecule has 0 aliphatic carbocycles. The monoisotopic (exact) mass is 363 g/mol. The number of pyridine rings is 2. The average molecular weight is 363 g/mol. The number of rotatable bonds is 4. The van der Waals surface area contributed by atoms with E-state index in [0.29, 0.717) is 11.3 Å². The average Bonchev–Trinajstić information content (AvgIpc) is 2.67. The highest BCUT2D eigenvalue weighted by molar-refractivity contribution is 6.00. The van der Waals surface area contributed by atoms with Gasteiger partial charge in [0.15, 0.2) is 0 Å². The molecule has 2 N–H and O–H groups in total. The Morgan fingerprint density at radius 3 is 2.74 bits per heavy atom. The predicted octanol–water partition coefficient (Wildman–Crippen LogP) is 1.62. The third kappa shape index (κ3) is 3.22. The van der Waals surface area contributed by atoms with Gasteiger partial charge in [-0.25, -0.2) is 4.79 Å². The van der Waals surface area contributed by atoms with Crippen molar-refractivity contribution in [2.75, 3.05) is 12.3 Å². The first kappa shape index (κ1) is 18.1. The summed E-state index contributed by atoms with van der Waals surface area (Å²) >= 11 is 0. The van der Waals surface area contributed by atoms with Crippen molar-refractivity contribution in [3.8, 4) is 6.07 Å².